The maximum absolute atomic E-state index is 12.8. The number of nitrogens with one attached hydrogen (secondary N) is 1. The number of benzene rings is 2. The molecule has 1 heterocycles. The predicted molar refractivity (Wildman–Crippen MR) is 123 cm³/mol. The standard InChI is InChI=1S/C22H21BrClN3O3/c1-3-4-11-30-22(29)18-12-16(7-10-20(18)24)25-13-19-14(2)26-27(21(19)28)17-8-5-15(23)6-9-17/h5-10,12-13,26H,3-4,11H2,1-2H3. The van der Waals surface area contributed by atoms with Gasteiger partial charge in [-0.1, -0.05) is 40.9 Å². The van der Waals surface area contributed by atoms with Crippen LogP contribution in [-0.4, -0.2) is 28.6 Å². The van der Waals surface area contributed by atoms with E-state index in [4.69, 9.17) is 16.3 Å². The van der Waals surface area contributed by atoms with Gasteiger partial charge in [-0.05, 0) is 55.8 Å². The number of aryl methyl sites for hydroxylation is 1. The molecule has 0 amide bonds. The van der Waals surface area contributed by atoms with Crippen LogP contribution in [0, 0.1) is 6.92 Å². The van der Waals surface area contributed by atoms with Crippen molar-refractivity contribution >= 4 is 45.4 Å². The smallest absolute Gasteiger partial charge is 0.339 e. The van der Waals surface area contributed by atoms with Gasteiger partial charge in [0.2, 0.25) is 0 Å². The van der Waals surface area contributed by atoms with Crippen LogP contribution in [-0.2, 0) is 4.74 Å². The van der Waals surface area contributed by atoms with Crippen LogP contribution in [0.5, 0.6) is 0 Å². The Morgan fingerprint density at radius 3 is 2.70 bits per heavy atom. The first kappa shape index (κ1) is 22.1. The summed E-state index contributed by atoms with van der Waals surface area (Å²) in [6, 6.07) is 12.2. The summed E-state index contributed by atoms with van der Waals surface area (Å²) in [5, 5.41) is 3.35. The Morgan fingerprint density at radius 1 is 1.27 bits per heavy atom. The second kappa shape index (κ2) is 9.91. The van der Waals surface area contributed by atoms with Gasteiger partial charge in [0.15, 0.2) is 0 Å². The van der Waals surface area contributed by atoms with Crippen molar-refractivity contribution in [3.8, 4) is 5.69 Å². The number of hydrogen-bond acceptors (Lipinski definition) is 4. The number of ether oxygens (including phenoxy) is 1. The minimum Gasteiger partial charge on any atom is -0.462 e. The zero-order valence-corrected chi connectivity index (χ0v) is 19.0. The maximum atomic E-state index is 12.8. The van der Waals surface area contributed by atoms with Gasteiger partial charge < -0.3 is 4.74 Å². The van der Waals surface area contributed by atoms with Gasteiger partial charge >= 0.3 is 5.97 Å². The van der Waals surface area contributed by atoms with Crippen LogP contribution < -0.4 is 5.56 Å². The summed E-state index contributed by atoms with van der Waals surface area (Å²) in [4.78, 5) is 29.4. The molecule has 0 fully saturated rings. The van der Waals surface area contributed by atoms with Crippen LogP contribution >= 0.6 is 27.5 Å². The molecule has 3 aromatic rings. The summed E-state index contributed by atoms with van der Waals surface area (Å²) in [6.07, 6.45) is 3.21. The summed E-state index contributed by atoms with van der Waals surface area (Å²) in [5.41, 5.74) is 2.36. The summed E-state index contributed by atoms with van der Waals surface area (Å²) in [5.74, 6) is -0.485. The number of carbonyl (C=O) groups excluding carboxylic acids is 1. The minimum absolute atomic E-state index is 0.216. The number of carbonyl (C=O) groups is 1. The third kappa shape index (κ3) is 5.09. The average Bonchev–Trinajstić information content (AvgIpc) is 3.01. The molecule has 0 aliphatic heterocycles. The van der Waals surface area contributed by atoms with Crippen molar-refractivity contribution in [1.29, 1.82) is 0 Å². The summed E-state index contributed by atoms with van der Waals surface area (Å²) in [7, 11) is 0. The van der Waals surface area contributed by atoms with Crippen LogP contribution in [0.2, 0.25) is 5.02 Å². The van der Waals surface area contributed by atoms with Gasteiger partial charge in [0.1, 0.15) is 0 Å². The number of aromatic amines is 1. The van der Waals surface area contributed by atoms with Crippen molar-refractivity contribution in [3.63, 3.8) is 0 Å². The second-order valence-corrected chi connectivity index (χ2v) is 8.00. The lowest BCUT2D eigenvalue weighted by atomic mass is 10.2. The van der Waals surface area contributed by atoms with Gasteiger partial charge in [0.25, 0.3) is 5.56 Å². The topological polar surface area (TPSA) is 76.4 Å². The zero-order valence-electron chi connectivity index (χ0n) is 16.6. The minimum atomic E-state index is -0.485. The molecule has 0 saturated heterocycles. The van der Waals surface area contributed by atoms with Gasteiger partial charge in [-0.3, -0.25) is 14.9 Å². The molecule has 6 nitrogen and oxygen atoms in total. The Bertz CT molecular complexity index is 1130. The van der Waals surface area contributed by atoms with E-state index >= 15 is 0 Å². The van der Waals surface area contributed by atoms with Crippen LogP contribution in [0.25, 0.3) is 5.69 Å². The quantitative estimate of drug-likeness (QED) is 0.266. The number of halogens is 2. The van der Waals surface area contributed by atoms with E-state index in [1.807, 2.05) is 31.2 Å². The highest BCUT2D eigenvalue weighted by molar-refractivity contribution is 9.10. The SMILES string of the molecule is CCCCOC(=O)c1cc(N=Cc2c(C)[nH]n(-c3ccc(Br)cc3)c2=O)ccc1Cl. The Labute approximate surface area is 187 Å². The summed E-state index contributed by atoms with van der Waals surface area (Å²) in [6.45, 7) is 4.16. The predicted octanol–water partition coefficient (Wildman–Crippen LogP) is 5.60. The fourth-order valence-electron chi connectivity index (χ4n) is 2.76. The molecule has 2 aromatic carbocycles. The zero-order chi connectivity index (χ0) is 21.7. The molecule has 8 heteroatoms. The largest absolute Gasteiger partial charge is 0.462 e. The third-order valence-electron chi connectivity index (χ3n) is 4.45. The Morgan fingerprint density at radius 2 is 2.00 bits per heavy atom. The lowest BCUT2D eigenvalue weighted by Gasteiger charge is -2.06. The molecule has 0 aliphatic carbocycles. The molecule has 0 spiro atoms. The highest BCUT2D eigenvalue weighted by Crippen LogP contribution is 2.23. The normalized spacial score (nSPS) is 11.2. The van der Waals surface area contributed by atoms with Crippen LogP contribution in [0.15, 0.2) is 56.7 Å². The Balaban J connectivity index is 1.86. The molecule has 1 aromatic heterocycles. The lowest BCUT2D eigenvalue weighted by molar-refractivity contribution is 0.0500. The van der Waals surface area contributed by atoms with Crippen molar-refractivity contribution in [1.82, 2.24) is 9.78 Å². The molecule has 1 N–H and O–H groups in total. The van der Waals surface area contributed by atoms with Crippen molar-refractivity contribution in [3.05, 3.63) is 79.1 Å². The molecule has 3 rings (SSSR count). The van der Waals surface area contributed by atoms with Gasteiger partial charge in [-0.2, -0.15) is 0 Å². The van der Waals surface area contributed by atoms with E-state index in [1.54, 1.807) is 25.1 Å². The molecule has 0 atom stereocenters. The molecule has 0 radical (unpaired) electrons. The molecule has 0 aliphatic rings. The highest BCUT2D eigenvalue weighted by Gasteiger charge is 2.14. The molecule has 30 heavy (non-hydrogen) atoms. The van der Waals surface area contributed by atoms with E-state index in [-0.39, 0.29) is 11.1 Å². The van der Waals surface area contributed by atoms with E-state index in [0.29, 0.717) is 28.6 Å². The summed E-state index contributed by atoms with van der Waals surface area (Å²) < 4.78 is 7.62. The molecular formula is C22H21BrClN3O3. The van der Waals surface area contributed by atoms with Crippen LogP contribution in [0.3, 0.4) is 0 Å². The number of aromatic nitrogens is 2. The number of aliphatic imine (C=N–C) groups is 1. The van der Waals surface area contributed by atoms with E-state index in [9.17, 15) is 9.59 Å². The molecule has 0 bridgehead atoms. The van der Waals surface area contributed by atoms with Gasteiger partial charge in [0.05, 0.1) is 34.1 Å². The first-order valence-electron chi connectivity index (χ1n) is 9.49. The summed E-state index contributed by atoms with van der Waals surface area (Å²) >= 11 is 9.52. The number of rotatable bonds is 7. The highest BCUT2D eigenvalue weighted by atomic mass is 79.9. The van der Waals surface area contributed by atoms with Gasteiger partial charge in [-0.15, -0.1) is 0 Å². The Hall–Kier alpha value is -2.64. The number of H-pyrrole nitrogens is 1. The van der Waals surface area contributed by atoms with Crippen molar-refractivity contribution in [2.45, 2.75) is 26.7 Å². The lowest BCUT2D eigenvalue weighted by Crippen LogP contribution is -2.17. The fraction of sp³-hybridized carbons (Fsp3) is 0.227. The number of unbranched alkanes of at least 4 members (excludes halogenated alkanes) is 1. The van der Waals surface area contributed by atoms with Gasteiger partial charge in [0, 0.05) is 16.4 Å². The Kier molecular flexibility index (Phi) is 7.29. The first-order chi connectivity index (χ1) is 14.4. The van der Waals surface area contributed by atoms with E-state index in [2.05, 4.69) is 26.0 Å². The van der Waals surface area contributed by atoms with E-state index in [1.165, 1.54) is 10.9 Å². The second-order valence-electron chi connectivity index (χ2n) is 6.68. The van der Waals surface area contributed by atoms with Gasteiger partial charge in [-0.25, -0.2) is 9.48 Å². The third-order valence-corrected chi connectivity index (χ3v) is 5.30. The average molecular weight is 491 g/mol. The number of hydrogen-bond donors (Lipinski definition) is 1. The number of esters is 1. The molecular weight excluding hydrogens is 470 g/mol. The van der Waals surface area contributed by atoms with Crippen molar-refractivity contribution in [2.24, 2.45) is 4.99 Å². The van der Waals surface area contributed by atoms with Crippen molar-refractivity contribution in [2.75, 3.05) is 6.61 Å². The fourth-order valence-corrected chi connectivity index (χ4v) is 3.22. The van der Waals surface area contributed by atoms with Crippen LogP contribution in [0.1, 0.15) is 41.4 Å². The van der Waals surface area contributed by atoms with Crippen molar-refractivity contribution < 1.29 is 9.53 Å². The molecule has 0 saturated carbocycles. The van der Waals surface area contributed by atoms with Crippen LogP contribution in [0.4, 0.5) is 5.69 Å². The number of nitrogens with zero attached hydrogens (tertiary/aromatic N) is 2. The first-order valence-corrected chi connectivity index (χ1v) is 10.7. The molecule has 0 unspecified atom stereocenters. The molecule has 156 valence electrons. The monoisotopic (exact) mass is 489 g/mol. The maximum Gasteiger partial charge on any atom is 0.339 e. The van der Waals surface area contributed by atoms with E-state index in [0.717, 1.165) is 23.0 Å². The van der Waals surface area contributed by atoms with E-state index < -0.39 is 5.97 Å².